The van der Waals surface area contributed by atoms with Crippen LogP contribution in [0.15, 0.2) is 109 Å². The lowest BCUT2D eigenvalue weighted by atomic mass is 10.1. The first-order chi connectivity index (χ1) is 36.0. The monoisotopic (exact) mass is 1010 g/mol. The lowest BCUT2D eigenvalue weighted by molar-refractivity contribution is -0.167. The Labute approximate surface area is 450 Å². The van der Waals surface area contributed by atoms with Crippen molar-refractivity contribution in [2.24, 2.45) is 0 Å². The van der Waals surface area contributed by atoms with Gasteiger partial charge in [-0.3, -0.25) is 14.4 Å². The highest BCUT2D eigenvalue weighted by atomic mass is 16.6. The van der Waals surface area contributed by atoms with Gasteiger partial charge in [0.15, 0.2) is 6.10 Å². The fourth-order valence-corrected chi connectivity index (χ4v) is 8.18. The zero-order valence-corrected chi connectivity index (χ0v) is 47.6. The van der Waals surface area contributed by atoms with Gasteiger partial charge in [0.25, 0.3) is 0 Å². The van der Waals surface area contributed by atoms with Gasteiger partial charge in [0.1, 0.15) is 13.2 Å². The average molecular weight is 1010 g/mol. The molecule has 0 amide bonds. The summed E-state index contributed by atoms with van der Waals surface area (Å²) in [7, 11) is 0. The van der Waals surface area contributed by atoms with E-state index in [9.17, 15) is 14.4 Å². The van der Waals surface area contributed by atoms with Gasteiger partial charge >= 0.3 is 17.9 Å². The van der Waals surface area contributed by atoms with Crippen LogP contribution in [0.4, 0.5) is 0 Å². The summed E-state index contributed by atoms with van der Waals surface area (Å²) in [6.07, 6.45) is 82.2. The first-order valence-corrected chi connectivity index (χ1v) is 30.4. The highest BCUT2D eigenvalue weighted by Crippen LogP contribution is 2.14. The number of hydrogen-bond donors (Lipinski definition) is 0. The minimum absolute atomic E-state index is 0.0963. The second kappa shape index (κ2) is 60.6. The zero-order valence-electron chi connectivity index (χ0n) is 47.6. The molecule has 73 heavy (non-hydrogen) atoms. The van der Waals surface area contributed by atoms with Crippen molar-refractivity contribution in [3.8, 4) is 0 Å². The Hall–Kier alpha value is -3.93. The lowest BCUT2D eigenvalue weighted by Crippen LogP contribution is -2.30. The Morgan fingerprint density at radius 1 is 0.288 bits per heavy atom. The molecule has 0 spiro atoms. The van der Waals surface area contributed by atoms with E-state index in [1.807, 2.05) is 0 Å². The largest absolute Gasteiger partial charge is 0.462 e. The van der Waals surface area contributed by atoms with Gasteiger partial charge in [-0.2, -0.15) is 0 Å². The minimum atomic E-state index is -0.800. The first kappa shape index (κ1) is 69.1. The summed E-state index contributed by atoms with van der Waals surface area (Å²) in [6, 6.07) is 0. The van der Waals surface area contributed by atoms with Crippen molar-refractivity contribution in [3.05, 3.63) is 109 Å². The van der Waals surface area contributed by atoms with Crippen LogP contribution in [0.5, 0.6) is 0 Å². The summed E-state index contributed by atoms with van der Waals surface area (Å²) in [4.78, 5) is 38.2. The molecule has 0 saturated heterocycles. The Bertz CT molecular complexity index is 1490. The molecule has 1 atom stereocenters. The molecule has 0 rings (SSSR count). The van der Waals surface area contributed by atoms with Crippen LogP contribution in [0.3, 0.4) is 0 Å². The van der Waals surface area contributed by atoms with Crippen LogP contribution in [0.2, 0.25) is 0 Å². The number of carbonyl (C=O) groups is 3. The molecular weight excluding hydrogens is 901 g/mol. The molecule has 0 N–H and O–H groups in total. The van der Waals surface area contributed by atoms with Crippen LogP contribution in [0.25, 0.3) is 0 Å². The van der Waals surface area contributed by atoms with Gasteiger partial charge in [-0.05, 0) is 128 Å². The van der Waals surface area contributed by atoms with Crippen molar-refractivity contribution < 1.29 is 28.6 Å². The van der Waals surface area contributed by atoms with Crippen LogP contribution >= 0.6 is 0 Å². The molecule has 0 radical (unpaired) electrons. The second-order valence-corrected chi connectivity index (χ2v) is 19.9. The summed E-state index contributed by atoms with van der Waals surface area (Å²) < 4.78 is 16.9. The molecule has 416 valence electrons. The summed E-state index contributed by atoms with van der Waals surface area (Å²) >= 11 is 0. The number of ether oxygens (including phenoxy) is 3. The third kappa shape index (κ3) is 58.8. The van der Waals surface area contributed by atoms with Crippen molar-refractivity contribution in [1.29, 1.82) is 0 Å². The van der Waals surface area contributed by atoms with Gasteiger partial charge in [-0.1, -0.05) is 239 Å². The third-order valence-electron chi connectivity index (χ3n) is 12.7. The fraction of sp³-hybridized carbons (Fsp3) is 0.687. The van der Waals surface area contributed by atoms with Gasteiger partial charge in [0.2, 0.25) is 0 Å². The molecule has 0 saturated carbocycles. The predicted molar refractivity (Wildman–Crippen MR) is 316 cm³/mol. The fourth-order valence-electron chi connectivity index (χ4n) is 8.18. The van der Waals surface area contributed by atoms with E-state index in [0.717, 1.165) is 135 Å². The maximum absolute atomic E-state index is 12.9. The van der Waals surface area contributed by atoms with E-state index < -0.39 is 6.10 Å². The molecule has 0 aromatic heterocycles. The van der Waals surface area contributed by atoms with Crippen molar-refractivity contribution in [2.75, 3.05) is 13.2 Å². The summed E-state index contributed by atoms with van der Waals surface area (Å²) in [5, 5.41) is 0. The molecule has 1 unspecified atom stereocenters. The van der Waals surface area contributed by atoms with E-state index >= 15 is 0 Å². The van der Waals surface area contributed by atoms with Crippen molar-refractivity contribution >= 4 is 17.9 Å². The zero-order chi connectivity index (χ0) is 52.9. The van der Waals surface area contributed by atoms with E-state index in [-0.39, 0.29) is 31.1 Å². The maximum atomic E-state index is 12.9. The number of rotatable bonds is 54. The molecular formula is C67H112O6. The van der Waals surface area contributed by atoms with Gasteiger partial charge in [0, 0.05) is 19.3 Å². The van der Waals surface area contributed by atoms with Gasteiger partial charge < -0.3 is 14.2 Å². The van der Waals surface area contributed by atoms with Crippen LogP contribution < -0.4 is 0 Å². The molecule has 6 heteroatoms. The SMILES string of the molecule is CC/C=C\C/C=C\C/C=C\C/C=C\C/C=C\C/C=C\CCCCCCC(=O)OCC(COC(=O)CCCCCCC/C=C\C/C=C\CCCCC)OC(=O)CCCCCCCCC/C=C\CCCCCCCC. The van der Waals surface area contributed by atoms with Crippen molar-refractivity contribution in [1.82, 2.24) is 0 Å². The number of unbranched alkanes of at least 4 members (excludes halogenated alkanes) is 25. The minimum Gasteiger partial charge on any atom is -0.462 e. The van der Waals surface area contributed by atoms with E-state index in [4.69, 9.17) is 14.2 Å². The van der Waals surface area contributed by atoms with Crippen molar-refractivity contribution in [2.45, 2.75) is 284 Å². The molecule has 0 aromatic rings. The molecule has 0 aromatic carbocycles. The van der Waals surface area contributed by atoms with Crippen LogP contribution in [-0.4, -0.2) is 37.2 Å². The average Bonchev–Trinajstić information content (AvgIpc) is 3.39. The van der Waals surface area contributed by atoms with Crippen LogP contribution in [-0.2, 0) is 28.6 Å². The third-order valence-corrected chi connectivity index (χ3v) is 12.7. The molecule has 0 fully saturated rings. The van der Waals surface area contributed by atoms with Gasteiger partial charge in [-0.25, -0.2) is 0 Å². The van der Waals surface area contributed by atoms with Crippen LogP contribution in [0.1, 0.15) is 278 Å². The van der Waals surface area contributed by atoms with E-state index in [1.54, 1.807) is 0 Å². The molecule has 0 aliphatic heterocycles. The summed E-state index contributed by atoms with van der Waals surface area (Å²) in [5.41, 5.74) is 0. The molecule has 0 aliphatic rings. The summed E-state index contributed by atoms with van der Waals surface area (Å²) in [5.74, 6) is -0.935. The highest BCUT2D eigenvalue weighted by Gasteiger charge is 2.19. The standard InChI is InChI=1S/C67H112O6/c1-4-7-10-13-16-19-22-25-28-30-31-32-33-34-35-37-39-42-45-48-51-54-57-60-66(69)72-63-64(62-71-65(68)59-56-53-50-47-44-41-38-27-24-21-18-15-12-9-6-3)73-67(70)61-58-55-52-49-46-43-40-36-29-26-23-20-17-14-11-8-5-2/h7,10,16,18-19,21,25-29,31-32,34-35,38-39,42,64H,4-6,8-9,11-15,17,20,22-24,30,33,36-37,40-41,43-63H2,1-3H3/b10-7-,19-16-,21-18-,28-25-,29-26-,32-31-,35-34-,38-27-,42-39-. The Morgan fingerprint density at radius 2 is 0.534 bits per heavy atom. The van der Waals surface area contributed by atoms with Crippen LogP contribution in [0, 0.1) is 0 Å². The smallest absolute Gasteiger partial charge is 0.306 e. The Kier molecular flexibility index (Phi) is 57.4. The number of carbonyl (C=O) groups excluding carboxylic acids is 3. The molecule has 0 aliphatic carbocycles. The van der Waals surface area contributed by atoms with E-state index in [2.05, 4.69) is 130 Å². The second-order valence-electron chi connectivity index (χ2n) is 19.9. The van der Waals surface area contributed by atoms with Crippen molar-refractivity contribution in [3.63, 3.8) is 0 Å². The quantitative estimate of drug-likeness (QED) is 0.0261. The molecule has 0 bridgehead atoms. The van der Waals surface area contributed by atoms with E-state index in [1.165, 1.54) is 103 Å². The Balaban J connectivity index is 4.46. The highest BCUT2D eigenvalue weighted by molar-refractivity contribution is 5.71. The topological polar surface area (TPSA) is 78.9 Å². The normalized spacial score (nSPS) is 12.9. The first-order valence-electron chi connectivity index (χ1n) is 30.4. The Morgan fingerprint density at radius 3 is 0.877 bits per heavy atom. The lowest BCUT2D eigenvalue weighted by Gasteiger charge is -2.18. The van der Waals surface area contributed by atoms with Gasteiger partial charge in [0.05, 0.1) is 0 Å². The number of hydrogen-bond acceptors (Lipinski definition) is 6. The molecule has 6 nitrogen and oxygen atoms in total. The number of allylic oxidation sites excluding steroid dienone is 18. The van der Waals surface area contributed by atoms with E-state index in [0.29, 0.717) is 19.3 Å². The maximum Gasteiger partial charge on any atom is 0.306 e. The molecule has 0 heterocycles. The predicted octanol–water partition coefficient (Wildman–Crippen LogP) is 20.7. The summed E-state index contributed by atoms with van der Waals surface area (Å²) in [6.45, 7) is 6.47. The van der Waals surface area contributed by atoms with Gasteiger partial charge in [-0.15, -0.1) is 0 Å². The number of esters is 3.